The van der Waals surface area contributed by atoms with Crippen molar-refractivity contribution in [3.8, 4) is 0 Å². The quantitative estimate of drug-likeness (QED) is 0.0694. The second-order valence-electron chi connectivity index (χ2n) is 26.5. The maximum atomic E-state index is 14.8. The number of carbonyl (C=O) groups excluding carboxylic acids is 17. The molecule has 0 radical (unpaired) electrons. The van der Waals surface area contributed by atoms with Crippen LogP contribution in [0.25, 0.3) is 0 Å². The Bertz CT molecular complexity index is 3660. The van der Waals surface area contributed by atoms with E-state index in [-0.39, 0.29) is 69.6 Å². The Morgan fingerprint density at radius 3 is 1.41 bits per heavy atom. The standard InChI is InChI=1S/C63H94N22O21S4/c1-28(2)13-34-53(96)81-40(49(66)92)22-107-109-25-43-59(102)80-39(21-87)56(99)78-37(15-32-19-68-27-70-32)63(106)84-11-5-7-44(84)60(103)72-30(4)51(94)82-42(24-110-108-23-41(57(100)83-43)73-47(89)17-64)58(101)79-38(20-86)55(98)71-29(3)50(93)75-35(16-46(65)88)54(97)77-36(14-31-18-67-26-69-31)62(105)85-12-6-8-45(85)61(104)74-33(52(95)76-34)9-10-48(90)91/h18-19,26-30,33-45,86-87H,5-17,20-25,64H2,1-4H3,(H2,65,88)(H2,66,92)(H,67,69)(H,68,70)(H,71,98)(H,72,103)(H,73,89)(H,74,104)(H,75,93)(H,76,95)(H,77,97)(H,78,99)(H,79,101)(H,80,102)(H,81,96)(H,82,94)(H,83,100)(H,90,91)/t29-,30-,33-,34-,35-,36-,37-,38-,39-,40-,41-,42-,43-,44-,45-/m0/s1. The molecule has 24 N–H and O–H groups in total. The van der Waals surface area contributed by atoms with E-state index in [0.717, 1.165) is 59.9 Å². The van der Waals surface area contributed by atoms with Gasteiger partial charge in [-0.25, -0.2) is 9.97 Å². The second kappa shape index (κ2) is 43.5. The zero-order valence-corrected chi connectivity index (χ0v) is 63.6. The highest BCUT2D eigenvalue weighted by Crippen LogP contribution is 2.27. The van der Waals surface area contributed by atoms with E-state index >= 15 is 0 Å². The van der Waals surface area contributed by atoms with Crippen molar-refractivity contribution in [2.75, 3.05) is 55.9 Å². The number of fused-ring (bicyclic) bond motifs is 10. The molecule has 43 nitrogen and oxygen atoms in total. The lowest BCUT2D eigenvalue weighted by Gasteiger charge is -2.31. The Morgan fingerprint density at radius 1 is 0.518 bits per heavy atom. The predicted molar refractivity (Wildman–Crippen MR) is 393 cm³/mol. The number of amides is 17. The van der Waals surface area contributed by atoms with Crippen molar-refractivity contribution in [1.82, 2.24) is 98.9 Å². The molecule has 4 aliphatic heterocycles. The van der Waals surface area contributed by atoms with Crippen LogP contribution in [-0.4, -0.2) is 298 Å². The first-order valence-corrected chi connectivity index (χ1v) is 39.9. The molecule has 15 atom stereocenters. The van der Waals surface area contributed by atoms with E-state index in [1.54, 1.807) is 13.8 Å². The number of nitrogens with two attached hydrogens (primary N) is 3. The minimum atomic E-state index is -1.94. The average Bonchev–Trinajstić information content (AvgIpc) is 1.66. The molecule has 2 aromatic rings. The van der Waals surface area contributed by atoms with Crippen molar-refractivity contribution in [1.29, 1.82) is 0 Å². The molecule has 4 aliphatic rings. The van der Waals surface area contributed by atoms with Crippen molar-refractivity contribution in [2.45, 2.75) is 183 Å². The number of aromatic nitrogens is 4. The number of aliphatic carboxylic acids is 1. The third-order valence-electron chi connectivity index (χ3n) is 17.5. The molecule has 0 aromatic carbocycles. The van der Waals surface area contributed by atoms with Crippen LogP contribution >= 0.6 is 43.2 Å². The monoisotopic (exact) mass is 1620 g/mol. The highest BCUT2D eigenvalue weighted by atomic mass is 33.1. The number of aliphatic hydroxyl groups is 2. The van der Waals surface area contributed by atoms with Gasteiger partial charge >= 0.3 is 5.97 Å². The number of nitrogens with zero attached hydrogens (tertiary/aromatic N) is 4. The molecule has 606 valence electrons. The summed E-state index contributed by atoms with van der Waals surface area (Å²) in [6, 6.07) is -24.7. The van der Waals surface area contributed by atoms with Gasteiger partial charge in [0.15, 0.2) is 0 Å². The molecule has 0 saturated carbocycles. The molecule has 4 saturated heterocycles. The lowest BCUT2D eigenvalue weighted by Crippen LogP contribution is -2.61. The predicted octanol–water partition coefficient (Wildman–Crippen LogP) is -9.75. The van der Waals surface area contributed by atoms with E-state index in [1.165, 1.54) is 32.0 Å². The fraction of sp³-hybridized carbons (Fsp3) is 0.619. The van der Waals surface area contributed by atoms with Gasteiger partial charge in [0.05, 0.1) is 38.8 Å². The number of carbonyl (C=O) groups is 18. The fourth-order valence-electron chi connectivity index (χ4n) is 11.7. The van der Waals surface area contributed by atoms with E-state index in [0.29, 0.717) is 5.69 Å². The third-order valence-corrected chi connectivity index (χ3v) is 22.4. The van der Waals surface area contributed by atoms with Gasteiger partial charge in [-0.1, -0.05) is 57.0 Å². The summed E-state index contributed by atoms with van der Waals surface area (Å²) >= 11 is 0. The maximum absolute atomic E-state index is 14.8. The summed E-state index contributed by atoms with van der Waals surface area (Å²) in [5.74, 6) is -21.7. The highest BCUT2D eigenvalue weighted by molar-refractivity contribution is 8.77. The van der Waals surface area contributed by atoms with Crippen LogP contribution in [0.2, 0.25) is 0 Å². The van der Waals surface area contributed by atoms with Crippen LogP contribution in [0.1, 0.15) is 90.4 Å². The zero-order valence-electron chi connectivity index (χ0n) is 60.3. The molecule has 2 bridgehead atoms. The third kappa shape index (κ3) is 27.0. The lowest BCUT2D eigenvalue weighted by atomic mass is 10.0. The first kappa shape index (κ1) is 89.1. The minimum Gasteiger partial charge on any atom is -0.481 e. The van der Waals surface area contributed by atoms with Gasteiger partial charge in [-0.05, 0) is 58.3 Å². The molecule has 0 spiro atoms. The first-order chi connectivity index (χ1) is 52.2. The molecule has 2 aromatic heterocycles. The molecule has 6 rings (SSSR count). The lowest BCUT2D eigenvalue weighted by molar-refractivity contribution is -0.143. The normalized spacial score (nSPS) is 28.2. The number of hydrogen-bond acceptors (Lipinski definition) is 27. The van der Waals surface area contributed by atoms with Crippen molar-refractivity contribution < 1.29 is 102 Å². The van der Waals surface area contributed by atoms with Gasteiger partial charge in [0.25, 0.3) is 0 Å². The van der Waals surface area contributed by atoms with Crippen molar-refractivity contribution in [2.24, 2.45) is 23.1 Å². The molecule has 47 heteroatoms. The number of hydrogen-bond donors (Lipinski definition) is 21. The van der Waals surface area contributed by atoms with Gasteiger partial charge < -0.3 is 121 Å². The van der Waals surface area contributed by atoms with Gasteiger partial charge in [0.2, 0.25) is 100 Å². The molecule has 17 amide bonds. The number of carboxylic acids is 1. The SMILES string of the molecule is CC(C)C[C@@H]1NC(=O)[C@H](CCC(=O)O)NC(=O)[C@@H]2CCCN2C(=O)[C@H](Cc2cnc[nH]2)NC(=O)[C@H](CC(N)=O)NC(=O)[C@H](C)NC(=O)[C@H](CO)NC(=O)[C@@H]2CSSC[C@H](NC(=O)CN)C(=O)N[C@@H](CSSC[C@@H](C(N)=O)NC1=O)C(=O)N[C@@H](CO)C(=O)N[C@@H](Cc1cnc[nH]1)C(=O)N1CCC[C@H]1C(=O)N[C@@H](C)C(=O)N2. The molecule has 0 unspecified atom stereocenters. The Hall–Kier alpha value is -9.84. The Morgan fingerprint density at radius 2 is 0.936 bits per heavy atom. The number of carboxylic acid groups (broad SMARTS) is 1. The van der Waals surface area contributed by atoms with Gasteiger partial charge in [-0.3, -0.25) is 86.3 Å². The van der Waals surface area contributed by atoms with E-state index in [2.05, 4.69) is 89.1 Å². The van der Waals surface area contributed by atoms with Gasteiger partial charge in [0, 0.05) is 79.1 Å². The van der Waals surface area contributed by atoms with Gasteiger partial charge in [-0.2, -0.15) is 0 Å². The Labute approximate surface area is 644 Å². The number of rotatable bonds is 16. The van der Waals surface area contributed by atoms with Crippen LogP contribution in [0.15, 0.2) is 25.0 Å². The van der Waals surface area contributed by atoms with Crippen LogP contribution in [0.4, 0.5) is 0 Å². The summed E-state index contributed by atoms with van der Waals surface area (Å²) in [4.78, 5) is 268. The average molecular weight is 1620 g/mol. The first-order valence-electron chi connectivity index (χ1n) is 34.9. The number of nitrogens with one attached hydrogen (secondary N) is 15. The molecular weight excluding hydrogens is 1530 g/mol. The Kier molecular flexibility index (Phi) is 35.2. The van der Waals surface area contributed by atoms with Crippen LogP contribution in [0, 0.1) is 5.92 Å². The van der Waals surface area contributed by atoms with Crippen LogP contribution in [-0.2, 0) is 99.1 Å². The number of aliphatic hydroxyl groups excluding tert-OH is 2. The van der Waals surface area contributed by atoms with Crippen molar-refractivity contribution in [3.05, 3.63) is 36.4 Å². The van der Waals surface area contributed by atoms with Gasteiger partial charge in [0.1, 0.15) is 90.6 Å². The van der Waals surface area contributed by atoms with Crippen LogP contribution < -0.4 is 86.3 Å². The number of H-pyrrole nitrogens is 2. The summed E-state index contributed by atoms with van der Waals surface area (Å²) in [6.07, 6.45) is 2.59. The number of primary amides is 2. The van der Waals surface area contributed by atoms with E-state index in [1.807, 2.05) is 0 Å². The van der Waals surface area contributed by atoms with Crippen LogP contribution in [0.3, 0.4) is 0 Å². The molecule has 0 aliphatic carbocycles. The maximum Gasteiger partial charge on any atom is 0.303 e. The molecule has 110 heavy (non-hydrogen) atoms. The fourth-order valence-corrected chi connectivity index (χ4v) is 16.3. The summed E-state index contributed by atoms with van der Waals surface area (Å²) in [7, 11) is 3.17. The number of aromatic amines is 2. The van der Waals surface area contributed by atoms with Crippen LogP contribution in [0.5, 0.6) is 0 Å². The summed E-state index contributed by atoms with van der Waals surface area (Å²) in [5.41, 5.74) is 17.6. The van der Waals surface area contributed by atoms with E-state index in [4.69, 9.17) is 17.2 Å². The topological polar surface area (TPSA) is 666 Å². The van der Waals surface area contributed by atoms with Gasteiger partial charge in [-0.15, -0.1) is 0 Å². The molecular formula is C63H94N22O21S4. The minimum absolute atomic E-state index is 0.0437. The van der Waals surface area contributed by atoms with Crippen molar-refractivity contribution >= 4 is 150 Å². The number of imidazole rings is 2. The second-order valence-corrected chi connectivity index (χ2v) is 31.6. The Balaban J connectivity index is 1.43. The summed E-state index contributed by atoms with van der Waals surface area (Å²) < 4.78 is 0. The van der Waals surface area contributed by atoms with E-state index < -0.39 is 259 Å². The largest absolute Gasteiger partial charge is 0.481 e. The molecule has 4 fully saturated rings. The van der Waals surface area contributed by atoms with Crippen molar-refractivity contribution in [3.63, 3.8) is 0 Å². The smallest absolute Gasteiger partial charge is 0.303 e. The highest BCUT2D eigenvalue weighted by Gasteiger charge is 2.44. The molecule has 6 heterocycles. The summed E-state index contributed by atoms with van der Waals surface area (Å²) in [6.45, 7) is 2.53. The zero-order chi connectivity index (χ0) is 81.1. The van der Waals surface area contributed by atoms with E-state index in [9.17, 15) is 102 Å². The summed E-state index contributed by atoms with van der Waals surface area (Å²) in [5, 5.41) is 62.8.